The number of rotatable bonds is 1. The summed E-state index contributed by atoms with van der Waals surface area (Å²) in [6.45, 7) is 4.05. The van der Waals surface area contributed by atoms with E-state index >= 15 is 0 Å². The number of nitrogens with zero attached hydrogens (tertiary/aromatic N) is 1. The summed E-state index contributed by atoms with van der Waals surface area (Å²) in [5.74, 6) is 2.67. The van der Waals surface area contributed by atoms with Gasteiger partial charge in [0.1, 0.15) is 11.4 Å². The summed E-state index contributed by atoms with van der Waals surface area (Å²) in [5, 5.41) is 0. The van der Waals surface area contributed by atoms with Crippen LogP contribution in [0.15, 0.2) is 24.3 Å². The van der Waals surface area contributed by atoms with Gasteiger partial charge in [-0.05, 0) is 49.7 Å². The third-order valence-electron chi connectivity index (χ3n) is 7.02. The molecule has 1 aromatic carbocycles. The molecule has 1 saturated heterocycles. The van der Waals surface area contributed by atoms with Crippen LogP contribution in [0.1, 0.15) is 49.4 Å². The number of hydrogen-bond acceptors (Lipinski definition) is 3. The van der Waals surface area contributed by atoms with Crippen molar-refractivity contribution in [2.24, 2.45) is 23.7 Å². The second-order valence-electron chi connectivity index (χ2n) is 8.52. The third kappa shape index (κ3) is 2.26. The Morgan fingerprint density at radius 3 is 2.76 bits per heavy atom. The van der Waals surface area contributed by atoms with Crippen molar-refractivity contribution in [1.29, 1.82) is 0 Å². The zero-order chi connectivity index (χ0) is 17.2. The quantitative estimate of drug-likeness (QED) is 0.789. The topological polar surface area (TPSA) is 46.6 Å². The first-order chi connectivity index (χ1) is 12.1. The minimum Gasteiger partial charge on any atom is -0.486 e. The fourth-order valence-corrected chi connectivity index (χ4v) is 5.54. The predicted octanol–water partition coefficient (Wildman–Crippen LogP) is 3.31. The highest BCUT2D eigenvalue weighted by Gasteiger charge is 2.71. The largest absolute Gasteiger partial charge is 0.486 e. The van der Waals surface area contributed by atoms with Crippen molar-refractivity contribution >= 4 is 11.7 Å². The van der Waals surface area contributed by atoms with Crippen LogP contribution in [-0.4, -0.2) is 35.3 Å². The van der Waals surface area contributed by atoms with Crippen LogP contribution in [0.3, 0.4) is 0 Å². The van der Waals surface area contributed by atoms with E-state index in [1.807, 2.05) is 24.3 Å². The fraction of sp³-hybridized carbons (Fsp3) is 0.619. The van der Waals surface area contributed by atoms with Crippen molar-refractivity contribution in [3.05, 3.63) is 29.8 Å². The summed E-state index contributed by atoms with van der Waals surface area (Å²) in [5.41, 5.74) is 0.268. The van der Waals surface area contributed by atoms with Gasteiger partial charge in [0.2, 0.25) is 5.91 Å². The normalized spacial score (nSPS) is 36.8. The van der Waals surface area contributed by atoms with Gasteiger partial charge >= 0.3 is 0 Å². The van der Waals surface area contributed by atoms with Crippen molar-refractivity contribution in [2.75, 3.05) is 13.1 Å². The van der Waals surface area contributed by atoms with E-state index in [9.17, 15) is 9.59 Å². The zero-order valence-corrected chi connectivity index (χ0v) is 14.7. The van der Waals surface area contributed by atoms with Crippen LogP contribution in [0.25, 0.3) is 0 Å². The number of benzene rings is 1. The zero-order valence-electron chi connectivity index (χ0n) is 14.7. The molecular formula is C21H25NO3. The van der Waals surface area contributed by atoms with Crippen LogP contribution in [0, 0.1) is 23.7 Å². The Bertz CT molecular complexity index is 736. The molecule has 132 valence electrons. The van der Waals surface area contributed by atoms with Crippen LogP contribution < -0.4 is 4.74 Å². The number of para-hydroxylation sites is 1. The van der Waals surface area contributed by atoms with E-state index in [0.717, 1.165) is 44.7 Å². The molecule has 25 heavy (non-hydrogen) atoms. The standard InChI is InChI=1S/C21H25NO3/c1-13-7-10-22(11-8-13)20(24)18-15-6-9-21(19(15)18)12-16(23)14-4-2-3-5-17(14)25-21/h2-5,13,15,18-19H,6-12H2,1H3/t15-,18+,19+,21+/m0/s1. The van der Waals surface area contributed by atoms with Crippen LogP contribution in [-0.2, 0) is 4.79 Å². The molecule has 2 aliphatic heterocycles. The van der Waals surface area contributed by atoms with E-state index < -0.39 is 5.60 Å². The molecule has 4 nitrogen and oxygen atoms in total. The van der Waals surface area contributed by atoms with E-state index in [4.69, 9.17) is 4.74 Å². The number of carbonyl (C=O) groups is 2. The molecule has 0 radical (unpaired) electrons. The Labute approximate surface area is 148 Å². The second-order valence-corrected chi connectivity index (χ2v) is 8.52. The molecule has 1 aromatic rings. The molecule has 1 amide bonds. The fourth-order valence-electron chi connectivity index (χ4n) is 5.54. The molecule has 4 aliphatic rings. The molecular weight excluding hydrogens is 314 g/mol. The molecule has 4 atom stereocenters. The van der Waals surface area contributed by atoms with E-state index in [2.05, 4.69) is 11.8 Å². The summed E-state index contributed by atoms with van der Waals surface area (Å²) in [6.07, 6.45) is 4.58. The highest BCUT2D eigenvalue weighted by molar-refractivity contribution is 6.00. The van der Waals surface area contributed by atoms with Gasteiger partial charge in [0.25, 0.3) is 0 Å². The molecule has 4 heteroatoms. The highest BCUT2D eigenvalue weighted by atomic mass is 16.5. The van der Waals surface area contributed by atoms with Crippen molar-refractivity contribution in [3.8, 4) is 5.75 Å². The first-order valence-electron chi connectivity index (χ1n) is 9.69. The highest BCUT2D eigenvalue weighted by Crippen LogP contribution is 2.66. The summed E-state index contributed by atoms with van der Waals surface area (Å²) in [6, 6.07) is 7.55. The number of hydrogen-bond donors (Lipinski definition) is 0. The molecule has 0 bridgehead atoms. The maximum absolute atomic E-state index is 13.0. The lowest BCUT2D eigenvalue weighted by Gasteiger charge is -2.38. The second kappa shape index (κ2) is 5.33. The molecule has 2 heterocycles. The summed E-state index contributed by atoms with van der Waals surface area (Å²) < 4.78 is 6.40. The first-order valence-corrected chi connectivity index (χ1v) is 9.69. The molecule has 1 spiro atoms. The van der Waals surface area contributed by atoms with Gasteiger partial charge < -0.3 is 9.64 Å². The van der Waals surface area contributed by atoms with Crippen molar-refractivity contribution in [2.45, 2.75) is 44.6 Å². The van der Waals surface area contributed by atoms with Crippen LogP contribution >= 0.6 is 0 Å². The molecule has 2 saturated carbocycles. The molecule has 3 fully saturated rings. The predicted molar refractivity (Wildman–Crippen MR) is 93.4 cm³/mol. The van der Waals surface area contributed by atoms with Gasteiger partial charge in [0.15, 0.2) is 5.78 Å². The number of Topliss-reactive ketones (excluding diaryl/α,β-unsaturated/α-hetero) is 1. The Morgan fingerprint density at radius 2 is 1.96 bits per heavy atom. The first kappa shape index (κ1) is 15.4. The number of ether oxygens (including phenoxy) is 1. The maximum Gasteiger partial charge on any atom is 0.226 e. The Hall–Kier alpha value is -1.84. The lowest BCUT2D eigenvalue weighted by molar-refractivity contribution is -0.135. The average molecular weight is 339 g/mol. The van der Waals surface area contributed by atoms with Crippen LogP contribution in [0.5, 0.6) is 5.75 Å². The van der Waals surface area contributed by atoms with Crippen LogP contribution in [0.2, 0.25) is 0 Å². The Balaban J connectivity index is 1.36. The number of amides is 1. The van der Waals surface area contributed by atoms with E-state index in [0.29, 0.717) is 29.6 Å². The number of fused-ring (bicyclic) bond motifs is 3. The van der Waals surface area contributed by atoms with Crippen molar-refractivity contribution < 1.29 is 14.3 Å². The lowest BCUT2D eigenvalue weighted by atomic mass is 9.84. The van der Waals surface area contributed by atoms with E-state index in [1.54, 1.807) is 0 Å². The summed E-state index contributed by atoms with van der Waals surface area (Å²) in [4.78, 5) is 27.7. The van der Waals surface area contributed by atoms with Gasteiger partial charge in [-0.1, -0.05) is 19.1 Å². The van der Waals surface area contributed by atoms with Crippen LogP contribution in [0.4, 0.5) is 0 Å². The SMILES string of the molecule is CC1CCN(C(=O)[C@@H]2[C@@H]3CC[C@@]4(CC(=O)c5ccccc5O4)[C@H]32)CC1. The van der Waals surface area contributed by atoms with Crippen molar-refractivity contribution in [3.63, 3.8) is 0 Å². The number of carbonyl (C=O) groups excluding carboxylic acids is 2. The number of ketones is 1. The van der Waals surface area contributed by atoms with Gasteiger partial charge in [-0.2, -0.15) is 0 Å². The van der Waals surface area contributed by atoms with Gasteiger partial charge in [0.05, 0.1) is 12.0 Å². The smallest absolute Gasteiger partial charge is 0.226 e. The van der Waals surface area contributed by atoms with E-state index in [1.165, 1.54) is 0 Å². The van der Waals surface area contributed by atoms with Gasteiger partial charge in [-0.25, -0.2) is 0 Å². The lowest BCUT2D eigenvalue weighted by Crippen LogP contribution is -2.45. The van der Waals surface area contributed by atoms with Gasteiger partial charge in [-0.3, -0.25) is 9.59 Å². The van der Waals surface area contributed by atoms with Gasteiger partial charge in [0, 0.05) is 24.9 Å². The molecule has 0 aromatic heterocycles. The molecule has 0 unspecified atom stereocenters. The summed E-state index contributed by atoms with van der Waals surface area (Å²) >= 11 is 0. The summed E-state index contributed by atoms with van der Waals surface area (Å²) in [7, 11) is 0. The molecule has 2 aliphatic carbocycles. The van der Waals surface area contributed by atoms with E-state index in [-0.39, 0.29) is 17.6 Å². The van der Waals surface area contributed by atoms with Crippen molar-refractivity contribution in [1.82, 2.24) is 4.90 Å². The number of piperidine rings is 1. The monoisotopic (exact) mass is 339 g/mol. The van der Waals surface area contributed by atoms with Gasteiger partial charge in [-0.15, -0.1) is 0 Å². The Kier molecular flexibility index (Phi) is 3.28. The molecule has 0 N–H and O–H groups in total. The third-order valence-corrected chi connectivity index (χ3v) is 7.02. The Morgan fingerprint density at radius 1 is 1.20 bits per heavy atom. The maximum atomic E-state index is 13.0. The molecule has 5 rings (SSSR count). The number of likely N-dealkylation sites (tertiary alicyclic amines) is 1. The minimum atomic E-state index is -0.431. The average Bonchev–Trinajstić information content (AvgIpc) is 3.26. The minimum absolute atomic E-state index is 0.0835.